The highest BCUT2D eigenvalue weighted by atomic mass is 16.6. The van der Waals surface area contributed by atoms with E-state index in [4.69, 9.17) is 0 Å². The third-order valence-corrected chi connectivity index (χ3v) is 4.52. The molecule has 0 aliphatic heterocycles. The van der Waals surface area contributed by atoms with Gasteiger partial charge in [-0.25, -0.2) is 0 Å². The molecule has 0 spiro atoms. The van der Waals surface area contributed by atoms with Crippen molar-refractivity contribution in [2.24, 2.45) is 0 Å². The maximum atomic E-state index is 11.5. The van der Waals surface area contributed by atoms with Gasteiger partial charge in [0.05, 0.1) is 11.0 Å². The number of Topliss-reactive ketones (excluding diaryl/α,β-unsaturated/α-hetero) is 1. The van der Waals surface area contributed by atoms with Gasteiger partial charge in [0.1, 0.15) is 5.69 Å². The minimum Gasteiger partial charge on any atom is -0.378 e. The number of benzene rings is 2. The molecule has 0 aromatic heterocycles. The molecule has 1 N–H and O–H groups in total. The lowest BCUT2D eigenvalue weighted by Crippen LogP contribution is -2.33. The lowest BCUT2D eigenvalue weighted by molar-refractivity contribution is -0.384. The van der Waals surface area contributed by atoms with Crippen LogP contribution in [0.5, 0.6) is 0 Å². The van der Waals surface area contributed by atoms with E-state index in [0.29, 0.717) is 17.8 Å². The lowest BCUT2D eigenvalue weighted by atomic mass is 10.0. The minimum atomic E-state index is -0.455. The van der Waals surface area contributed by atoms with Gasteiger partial charge in [-0.2, -0.15) is 0 Å². The number of nitro groups is 1. The average Bonchev–Trinajstić information content (AvgIpc) is 2.65. The van der Waals surface area contributed by atoms with Crippen LogP contribution in [0.4, 0.5) is 11.4 Å². The molecule has 0 fully saturated rings. The van der Waals surface area contributed by atoms with Crippen LogP contribution in [-0.4, -0.2) is 35.2 Å². The van der Waals surface area contributed by atoms with Crippen molar-refractivity contribution in [2.75, 3.05) is 25.0 Å². The third kappa shape index (κ3) is 4.67. The fourth-order valence-corrected chi connectivity index (χ4v) is 3.06. The van der Waals surface area contributed by atoms with Gasteiger partial charge in [-0.1, -0.05) is 44.2 Å². The minimum absolute atomic E-state index is 0.0796. The van der Waals surface area contributed by atoms with Crippen molar-refractivity contribution in [3.63, 3.8) is 0 Å². The van der Waals surface area contributed by atoms with Gasteiger partial charge >= 0.3 is 0 Å². The summed E-state index contributed by atoms with van der Waals surface area (Å²) in [6.45, 7) is 7.89. The Balaban J connectivity index is 2.28. The van der Waals surface area contributed by atoms with Crippen LogP contribution in [0.3, 0.4) is 0 Å². The van der Waals surface area contributed by atoms with Crippen molar-refractivity contribution in [1.29, 1.82) is 0 Å². The molecule has 0 aliphatic rings. The Labute approximate surface area is 154 Å². The van der Waals surface area contributed by atoms with Gasteiger partial charge < -0.3 is 5.32 Å². The highest BCUT2D eigenvalue weighted by Gasteiger charge is 2.21. The first-order valence-electron chi connectivity index (χ1n) is 8.80. The van der Waals surface area contributed by atoms with Gasteiger partial charge in [0.2, 0.25) is 0 Å². The van der Waals surface area contributed by atoms with Crippen LogP contribution in [0, 0.1) is 10.1 Å². The quantitative estimate of drug-likeness (QED) is 0.412. The summed E-state index contributed by atoms with van der Waals surface area (Å²) < 4.78 is 0. The summed E-state index contributed by atoms with van der Waals surface area (Å²) in [5.41, 5.74) is 1.84. The largest absolute Gasteiger partial charge is 0.378 e. The molecule has 0 radical (unpaired) electrons. The van der Waals surface area contributed by atoms with E-state index in [1.165, 1.54) is 13.0 Å². The van der Waals surface area contributed by atoms with E-state index >= 15 is 0 Å². The fraction of sp³-hybridized carbons (Fsp3) is 0.350. The molecule has 0 amide bonds. The first-order valence-corrected chi connectivity index (χ1v) is 8.80. The van der Waals surface area contributed by atoms with Crippen molar-refractivity contribution in [2.45, 2.75) is 26.8 Å². The number of ketones is 1. The van der Waals surface area contributed by atoms with Crippen LogP contribution < -0.4 is 5.32 Å². The normalized spacial score (nSPS) is 12.0. The maximum absolute atomic E-state index is 11.5. The van der Waals surface area contributed by atoms with Crippen molar-refractivity contribution in [3.05, 3.63) is 69.8 Å². The summed E-state index contributed by atoms with van der Waals surface area (Å²) in [6.07, 6.45) is 0. The Morgan fingerprint density at radius 3 is 2.35 bits per heavy atom. The molecule has 0 saturated carbocycles. The highest BCUT2D eigenvalue weighted by molar-refractivity contribution is 5.95. The molecule has 138 valence electrons. The van der Waals surface area contributed by atoms with E-state index in [2.05, 4.69) is 36.2 Å². The van der Waals surface area contributed by atoms with Gasteiger partial charge in [0, 0.05) is 18.2 Å². The Hall–Kier alpha value is -2.73. The SMILES string of the molecule is CCN(CC)[C@H](CNc1ccc(C(C)=O)cc1[N+](=O)[O-])c1ccccc1. The Morgan fingerprint density at radius 1 is 1.15 bits per heavy atom. The summed E-state index contributed by atoms with van der Waals surface area (Å²) in [4.78, 5) is 24.8. The van der Waals surface area contributed by atoms with Gasteiger partial charge in [-0.15, -0.1) is 0 Å². The second-order valence-electron chi connectivity index (χ2n) is 6.07. The molecule has 2 rings (SSSR count). The summed E-state index contributed by atoms with van der Waals surface area (Å²) in [5.74, 6) is -0.190. The van der Waals surface area contributed by atoms with Crippen LogP contribution in [-0.2, 0) is 0 Å². The first-order chi connectivity index (χ1) is 12.5. The van der Waals surface area contributed by atoms with Crippen molar-refractivity contribution < 1.29 is 9.72 Å². The van der Waals surface area contributed by atoms with Gasteiger partial charge in [0.15, 0.2) is 5.78 Å². The molecular formula is C20H25N3O3. The van der Waals surface area contributed by atoms with Gasteiger partial charge in [-0.3, -0.25) is 19.8 Å². The summed E-state index contributed by atoms with van der Waals surface area (Å²) in [6, 6.07) is 14.8. The Morgan fingerprint density at radius 2 is 1.81 bits per heavy atom. The zero-order valence-electron chi connectivity index (χ0n) is 15.4. The number of nitrogens with one attached hydrogen (secondary N) is 1. The monoisotopic (exact) mass is 355 g/mol. The fourth-order valence-electron chi connectivity index (χ4n) is 3.06. The molecule has 6 heteroatoms. The number of carbonyl (C=O) groups is 1. The average molecular weight is 355 g/mol. The molecule has 0 heterocycles. The van der Waals surface area contributed by atoms with Crippen LogP contribution in [0.15, 0.2) is 48.5 Å². The molecule has 2 aromatic carbocycles. The van der Waals surface area contributed by atoms with Crippen molar-refractivity contribution >= 4 is 17.2 Å². The standard InChI is InChI=1S/C20H25N3O3/c1-4-22(5-2)20(16-9-7-6-8-10-16)14-21-18-12-11-17(15(3)24)13-19(18)23(25)26/h6-13,20-21H,4-5,14H2,1-3H3/t20-/m1/s1. The summed E-state index contributed by atoms with van der Waals surface area (Å²) in [5, 5.41) is 14.6. The second kappa shape index (κ2) is 9.10. The van der Waals surface area contributed by atoms with Crippen molar-refractivity contribution in [1.82, 2.24) is 4.90 Å². The number of anilines is 1. The van der Waals surface area contributed by atoms with E-state index in [9.17, 15) is 14.9 Å². The van der Waals surface area contributed by atoms with E-state index in [1.807, 2.05) is 18.2 Å². The molecule has 6 nitrogen and oxygen atoms in total. The number of rotatable bonds is 9. The topological polar surface area (TPSA) is 75.5 Å². The molecule has 26 heavy (non-hydrogen) atoms. The Bertz CT molecular complexity index is 758. The number of carbonyl (C=O) groups excluding carboxylic acids is 1. The number of hydrogen-bond acceptors (Lipinski definition) is 5. The molecule has 0 bridgehead atoms. The molecule has 0 aliphatic carbocycles. The van der Waals surface area contributed by atoms with E-state index in [0.717, 1.165) is 18.7 Å². The van der Waals surface area contributed by atoms with Crippen LogP contribution in [0.25, 0.3) is 0 Å². The molecule has 0 saturated heterocycles. The zero-order chi connectivity index (χ0) is 19.1. The van der Waals surface area contributed by atoms with Crippen LogP contribution >= 0.6 is 0 Å². The second-order valence-corrected chi connectivity index (χ2v) is 6.07. The predicted molar refractivity (Wildman–Crippen MR) is 104 cm³/mol. The number of likely N-dealkylation sites (N-methyl/N-ethyl adjacent to an activating group) is 1. The smallest absolute Gasteiger partial charge is 0.293 e. The molecular weight excluding hydrogens is 330 g/mol. The predicted octanol–water partition coefficient (Wildman–Crippen LogP) is 4.29. The van der Waals surface area contributed by atoms with Crippen LogP contribution in [0.1, 0.15) is 42.7 Å². The van der Waals surface area contributed by atoms with Crippen molar-refractivity contribution in [3.8, 4) is 0 Å². The van der Waals surface area contributed by atoms with Crippen LogP contribution in [0.2, 0.25) is 0 Å². The van der Waals surface area contributed by atoms with E-state index < -0.39 is 4.92 Å². The summed E-state index contributed by atoms with van der Waals surface area (Å²) in [7, 11) is 0. The number of nitro benzene ring substituents is 1. The lowest BCUT2D eigenvalue weighted by Gasteiger charge is -2.30. The molecule has 1 atom stereocenters. The van der Waals surface area contributed by atoms with E-state index in [-0.39, 0.29) is 17.5 Å². The van der Waals surface area contributed by atoms with E-state index in [1.54, 1.807) is 12.1 Å². The molecule has 0 unspecified atom stereocenters. The molecule has 2 aromatic rings. The Kier molecular flexibility index (Phi) is 6.86. The number of hydrogen-bond donors (Lipinski definition) is 1. The van der Waals surface area contributed by atoms with Gasteiger partial charge in [0.25, 0.3) is 5.69 Å². The van der Waals surface area contributed by atoms with Gasteiger partial charge in [-0.05, 0) is 37.7 Å². The summed E-state index contributed by atoms with van der Waals surface area (Å²) >= 11 is 0. The maximum Gasteiger partial charge on any atom is 0.293 e. The third-order valence-electron chi connectivity index (χ3n) is 4.52. The highest BCUT2D eigenvalue weighted by Crippen LogP contribution is 2.28. The number of nitrogens with zero attached hydrogens (tertiary/aromatic N) is 2. The first kappa shape index (κ1) is 19.6. The zero-order valence-corrected chi connectivity index (χ0v) is 15.4.